The van der Waals surface area contributed by atoms with Gasteiger partial charge in [-0.05, 0) is 30.3 Å². The van der Waals surface area contributed by atoms with E-state index in [1.807, 2.05) is 5.32 Å². The van der Waals surface area contributed by atoms with Crippen molar-refractivity contribution < 1.29 is 22.4 Å². The smallest absolute Gasteiger partial charge is 0.321 e. The highest BCUT2D eigenvalue weighted by molar-refractivity contribution is 6.32. The predicted octanol–water partition coefficient (Wildman–Crippen LogP) is 5.04. The number of benzene rings is 2. The van der Waals surface area contributed by atoms with Gasteiger partial charge in [0, 0.05) is 5.56 Å². The molecule has 0 aliphatic heterocycles. The monoisotopic (exact) mass is 368 g/mol. The Morgan fingerprint density at radius 1 is 1.16 bits per heavy atom. The van der Waals surface area contributed by atoms with Gasteiger partial charge in [-0.1, -0.05) is 29.8 Å². The van der Waals surface area contributed by atoms with Gasteiger partial charge >= 0.3 is 6.18 Å². The van der Waals surface area contributed by atoms with E-state index in [4.69, 9.17) is 16.9 Å². The summed E-state index contributed by atoms with van der Waals surface area (Å²) in [5.74, 6) is -1.89. The molecule has 0 saturated heterocycles. The van der Waals surface area contributed by atoms with Gasteiger partial charge in [-0.3, -0.25) is 4.79 Å². The standard InChI is InChI=1S/C17H9ClF4N2O/c18-13-5-3-6-14(19)11(13)8-10(9-23)16(25)24-15-7-2-1-4-12(15)17(20,21)22/h1-8H,(H,24,25)/b10-8-. The summed E-state index contributed by atoms with van der Waals surface area (Å²) < 4.78 is 52.5. The number of carbonyl (C=O) groups is 1. The van der Waals surface area contributed by atoms with Crippen molar-refractivity contribution in [3.63, 3.8) is 0 Å². The number of amides is 1. The van der Waals surface area contributed by atoms with Gasteiger partial charge in [-0.15, -0.1) is 0 Å². The quantitative estimate of drug-likeness (QED) is 0.468. The lowest BCUT2D eigenvalue weighted by Crippen LogP contribution is -2.17. The first-order chi connectivity index (χ1) is 11.7. The third-order valence-electron chi connectivity index (χ3n) is 3.13. The van der Waals surface area contributed by atoms with E-state index in [2.05, 4.69) is 0 Å². The molecule has 0 spiro atoms. The first-order valence-electron chi connectivity index (χ1n) is 6.77. The molecule has 1 amide bonds. The number of carbonyl (C=O) groups excluding carboxylic acids is 1. The number of nitriles is 1. The largest absolute Gasteiger partial charge is 0.418 e. The van der Waals surface area contributed by atoms with Crippen molar-refractivity contribution in [3.8, 4) is 6.07 Å². The van der Waals surface area contributed by atoms with Crippen LogP contribution in [0.15, 0.2) is 48.0 Å². The normalized spacial score (nSPS) is 11.8. The average molecular weight is 369 g/mol. The lowest BCUT2D eigenvalue weighted by molar-refractivity contribution is -0.137. The fraction of sp³-hybridized carbons (Fsp3) is 0.0588. The molecule has 0 bridgehead atoms. The van der Waals surface area contributed by atoms with Gasteiger partial charge in [0.2, 0.25) is 0 Å². The molecule has 0 aliphatic rings. The summed E-state index contributed by atoms with van der Waals surface area (Å²) in [5, 5.41) is 11.0. The Hall–Kier alpha value is -2.85. The fourth-order valence-electron chi connectivity index (χ4n) is 1.97. The van der Waals surface area contributed by atoms with Crippen molar-refractivity contribution in [1.29, 1.82) is 5.26 Å². The van der Waals surface area contributed by atoms with Gasteiger partial charge in [0.25, 0.3) is 5.91 Å². The van der Waals surface area contributed by atoms with Gasteiger partial charge in [-0.2, -0.15) is 18.4 Å². The van der Waals surface area contributed by atoms with Crippen LogP contribution in [0.25, 0.3) is 6.08 Å². The van der Waals surface area contributed by atoms with Crippen LogP contribution >= 0.6 is 11.6 Å². The van der Waals surface area contributed by atoms with Gasteiger partial charge in [0.1, 0.15) is 17.5 Å². The van der Waals surface area contributed by atoms with E-state index in [0.29, 0.717) is 0 Å². The number of nitrogens with zero attached hydrogens (tertiary/aromatic N) is 1. The van der Waals surface area contributed by atoms with Gasteiger partial charge < -0.3 is 5.32 Å². The molecule has 0 aliphatic carbocycles. The second kappa shape index (κ2) is 7.36. The SMILES string of the molecule is N#C/C(=C/c1c(F)cccc1Cl)C(=O)Nc1ccccc1C(F)(F)F. The van der Waals surface area contributed by atoms with Crippen LogP contribution in [0, 0.1) is 17.1 Å². The van der Waals surface area contributed by atoms with Gasteiger partial charge in [-0.25, -0.2) is 4.39 Å². The minimum atomic E-state index is -4.69. The molecule has 0 saturated carbocycles. The van der Waals surface area contributed by atoms with Crippen molar-refractivity contribution in [2.45, 2.75) is 6.18 Å². The Kier molecular flexibility index (Phi) is 5.45. The maximum absolute atomic E-state index is 13.7. The molecule has 128 valence electrons. The summed E-state index contributed by atoms with van der Waals surface area (Å²) in [7, 11) is 0. The molecule has 2 aromatic carbocycles. The van der Waals surface area contributed by atoms with Crippen molar-refractivity contribution in [2.24, 2.45) is 0 Å². The minimum Gasteiger partial charge on any atom is -0.321 e. The van der Waals surface area contributed by atoms with E-state index in [-0.39, 0.29) is 10.6 Å². The van der Waals surface area contributed by atoms with Crippen LogP contribution in [0.4, 0.5) is 23.2 Å². The summed E-state index contributed by atoms with van der Waals surface area (Å²) in [5.41, 5.74) is -2.38. The number of alkyl halides is 3. The second-order valence-electron chi connectivity index (χ2n) is 4.80. The number of nitrogens with one attached hydrogen (secondary N) is 1. The van der Waals surface area contributed by atoms with Crippen LogP contribution in [0.5, 0.6) is 0 Å². The third kappa shape index (κ3) is 4.37. The summed E-state index contributed by atoms with van der Waals surface area (Å²) >= 11 is 5.81. The van der Waals surface area contributed by atoms with E-state index in [1.165, 1.54) is 30.3 Å². The van der Waals surface area contributed by atoms with Crippen molar-refractivity contribution in [2.75, 3.05) is 5.32 Å². The molecule has 25 heavy (non-hydrogen) atoms. The van der Waals surface area contributed by atoms with Gasteiger partial charge in [0.05, 0.1) is 16.3 Å². The highest BCUT2D eigenvalue weighted by Gasteiger charge is 2.33. The maximum atomic E-state index is 13.7. The molecule has 0 heterocycles. The summed E-state index contributed by atoms with van der Waals surface area (Å²) in [6.45, 7) is 0. The van der Waals surface area contributed by atoms with Crippen LogP contribution in [0.3, 0.4) is 0 Å². The second-order valence-corrected chi connectivity index (χ2v) is 5.21. The third-order valence-corrected chi connectivity index (χ3v) is 3.46. The van der Waals surface area contributed by atoms with E-state index >= 15 is 0 Å². The zero-order valence-electron chi connectivity index (χ0n) is 12.4. The molecular weight excluding hydrogens is 360 g/mol. The Labute approximate surface area is 145 Å². The number of anilines is 1. The molecule has 0 aromatic heterocycles. The number of halogens is 5. The van der Waals surface area contributed by atoms with Crippen LogP contribution in [-0.4, -0.2) is 5.91 Å². The average Bonchev–Trinajstić information content (AvgIpc) is 2.54. The first-order valence-corrected chi connectivity index (χ1v) is 7.15. The van der Waals surface area contributed by atoms with Crippen LogP contribution in [-0.2, 0) is 11.0 Å². The molecular formula is C17H9ClF4N2O. The zero-order chi connectivity index (χ0) is 18.6. The van der Waals surface area contributed by atoms with Crippen molar-refractivity contribution >= 4 is 29.3 Å². The van der Waals surface area contributed by atoms with Crippen LogP contribution in [0.2, 0.25) is 5.02 Å². The molecule has 1 N–H and O–H groups in total. The minimum absolute atomic E-state index is 0.0451. The molecule has 0 radical (unpaired) electrons. The molecule has 3 nitrogen and oxygen atoms in total. The Bertz CT molecular complexity index is 865. The van der Waals surface area contributed by atoms with E-state index in [1.54, 1.807) is 0 Å². The summed E-state index contributed by atoms with van der Waals surface area (Å²) in [6, 6.07) is 9.59. The molecule has 2 rings (SSSR count). The highest BCUT2D eigenvalue weighted by atomic mass is 35.5. The van der Waals surface area contributed by atoms with Crippen LogP contribution in [0.1, 0.15) is 11.1 Å². The molecule has 0 atom stereocenters. The maximum Gasteiger partial charge on any atom is 0.418 e. The number of para-hydroxylation sites is 1. The summed E-state index contributed by atoms with van der Waals surface area (Å²) in [6.07, 6.45) is -3.81. The molecule has 2 aromatic rings. The Morgan fingerprint density at radius 3 is 2.44 bits per heavy atom. The Balaban J connectivity index is 2.38. The lowest BCUT2D eigenvalue weighted by atomic mass is 10.1. The number of rotatable bonds is 3. The zero-order valence-corrected chi connectivity index (χ0v) is 13.1. The first kappa shape index (κ1) is 18.5. The molecule has 0 fully saturated rings. The number of hydrogen-bond acceptors (Lipinski definition) is 2. The molecule has 0 unspecified atom stereocenters. The number of hydrogen-bond donors (Lipinski definition) is 1. The summed E-state index contributed by atoms with van der Waals surface area (Å²) in [4.78, 5) is 12.1. The van der Waals surface area contributed by atoms with Crippen molar-refractivity contribution in [1.82, 2.24) is 0 Å². The van der Waals surface area contributed by atoms with Gasteiger partial charge in [0.15, 0.2) is 0 Å². The van der Waals surface area contributed by atoms with E-state index < -0.39 is 34.7 Å². The topological polar surface area (TPSA) is 52.9 Å². The van der Waals surface area contributed by atoms with Crippen LogP contribution < -0.4 is 5.32 Å². The highest BCUT2D eigenvalue weighted by Crippen LogP contribution is 2.34. The van der Waals surface area contributed by atoms with Crippen molar-refractivity contribution in [3.05, 3.63) is 70.0 Å². The predicted molar refractivity (Wildman–Crippen MR) is 85.1 cm³/mol. The molecule has 8 heteroatoms. The Morgan fingerprint density at radius 2 is 1.84 bits per heavy atom. The van der Waals surface area contributed by atoms with E-state index in [9.17, 15) is 22.4 Å². The van der Waals surface area contributed by atoms with E-state index in [0.717, 1.165) is 24.3 Å². The lowest BCUT2D eigenvalue weighted by Gasteiger charge is -2.13. The fourth-order valence-corrected chi connectivity index (χ4v) is 2.19.